The Kier molecular flexibility index (Phi) is 4.24. The summed E-state index contributed by atoms with van der Waals surface area (Å²) in [6.07, 6.45) is 2.58. The summed E-state index contributed by atoms with van der Waals surface area (Å²) < 4.78 is 0.709. The van der Waals surface area contributed by atoms with Gasteiger partial charge in [-0.15, -0.1) is 0 Å². The zero-order valence-corrected chi connectivity index (χ0v) is 19.6. The molecule has 4 aliphatic heterocycles. The van der Waals surface area contributed by atoms with Crippen LogP contribution in [0.4, 0.5) is 11.4 Å². The molecule has 0 aliphatic carbocycles. The highest BCUT2D eigenvalue weighted by Gasteiger charge is 2.74. The van der Waals surface area contributed by atoms with Crippen molar-refractivity contribution < 1.29 is 14.4 Å². The quantitative estimate of drug-likeness (QED) is 0.646. The van der Waals surface area contributed by atoms with E-state index in [0.717, 1.165) is 48.2 Å². The normalized spacial score (nSPS) is 30.8. The molecule has 0 bridgehead atoms. The number of imide groups is 1. The van der Waals surface area contributed by atoms with Gasteiger partial charge in [0.15, 0.2) is 0 Å². The van der Waals surface area contributed by atoms with Gasteiger partial charge in [-0.3, -0.25) is 19.3 Å². The van der Waals surface area contributed by atoms with Gasteiger partial charge in [-0.25, -0.2) is 4.90 Å². The van der Waals surface area contributed by atoms with Crippen molar-refractivity contribution in [2.45, 2.75) is 44.7 Å². The molecule has 6 nitrogen and oxygen atoms in total. The molecule has 0 aromatic heterocycles. The molecule has 32 heavy (non-hydrogen) atoms. The fourth-order valence-corrected chi connectivity index (χ4v) is 7.17. The molecule has 4 aliphatic rings. The lowest BCUT2D eigenvalue weighted by Gasteiger charge is -2.37. The Hall–Kier alpha value is -2.51. The lowest BCUT2D eigenvalue weighted by molar-refractivity contribution is -0.135. The van der Waals surface area contributed by atoms with Crippen LogP contribution in [0.1, 0.15) is 36.5 Å². The Bertz CT molecular complexity index is 1210. The van der Waals surface area contributed by atoms with E-state index >= 15 is 0 Å². The predicted molar refractivity (Wildman–Crippen MR) is 124 cm³/mol. The van der Waals surface area contributed by atoms with Gasteiger partial charge in [-0.2, -0.15) is 0 Å². The highest BCUT2D eigenvalue weighted by atomic mass is 79.9. The first kappa shape index (κ1) is 20.1. The summed E-state index contributed by atoms with van der Waals surface area (Å²) in [4.78, 5) is 45.0. The molecule has 2 aromatic carbocycles. The Morgan fingerprint density at radius 3 is 2.69 bits per heavy atom. The standard InChI is InChI=1S/C25H24BrN3O3/c1-3-14-7-8-17-15(12-14)25(24(32)27-17)21-20(19-5-4-10-28(19)25)22(30)29(23(21)31)18-9-6-13(2)11-16(18)26/h6-9,11-12,19-21H,3-5,10H2,1-2H3,(H,27,32). The number of hydrogen-bond donors (Lipinski definition) is 1. The summed E-state index contributed by atoms with van der Waals surface area (Å²) in [5.74, 6) is -1.87. The Morgan fingerprint density at radius 2 is 1.94 bits per heavy atom. The molecule has 6 rings (SSSR count). The molecule has 4 heterocycles. The third kappa shape index (κ3) is 2.30. The maximum Gasteiger partial charge on any atom is 0.250 e. The Labute approximate surface area is 195 Å². The molecule has 1 N–H and O–H groups in total. The van der Waals surface area contributed by atoms with Gasteiger partial charge in [0.2, 0.25) is 17.7 Å². The minimum atomic E-state index is -1.12. The van der Waals surface area contributed by atoms with Crippen molar-refractivity contribution in [3.8, 4) is 0 Å². The minimum absolute atomic E-state index is 0.104. The van der Waals surface area contributed by atoms with E-state index in [4.69, 9.17) is 0 Å². The number of fused-ring (bicyclic) bond motifs is 7. The highest BCUT2D eigenvalue weighted by Crippen LogP contribution is 2.61. The minimum Gasteiger partial charge on any atom is -0.324 e. The largest absolute Gasteiger partial charge is 0.324 e. The smallest absolute Gasteiger partial charge is 0.250 e. The molecular weight excluding hydrogens is 470 g/mol. The van der Waals surface area contributed by atoms with Crippen LogP contribution in [0.2, 0.25) is 0 Å². The summed E-state index contributed by atoms with van der Waals surface area (Å²) in [5, 5.41) is 3.04. The first-order valence-electron chi connectivity index (χ1n) is 11.2. The van der Waals surface area contributed by atoms with Gasteiger partial charge in [0, 0.05) is 21.8 Å². The van der Waals surface area contributed by atoms with Gasteiger partial charge >= 0.3 is 0 Å². The van der Waals surface area contributed by atoms with E-state index in [1.54, 1.807) is 0 Å². The topological polar surface area (TPSA) is 69.7 Å². The van der Waals surface area contributed by atoms with E-state index < -0.39 is 17.4 Å². The van der Waals surface area contributed by atoms with E-state index in [-0.39, 0.29) is 23.8 Å². The molecule has 2 aromatic rings. The van der Waals surface area contributed by atoms with Crippen LogP contribution in [-0.2, 0) is 26.3 Å². The number of carbonyl (C=O) groups is 3. The maximum atomic E-state index is 14.0. The molecule has 3 saturated heterocycles. The second kappa shape index (κ2) is 6.75. The number of aryl methyl sites for hydroxylation is 2. The van der Waals surface area contributed by atoms with Crippen molar-refractivity contribution in [3.05, 3.63) is 57.6 Å². The van der Waals surface area contributed by atoms with E-state index in [1.165, 1.54) is 4.90 Å². The van der Waals surface area contributed by atoms with Crippen molar-refractivity contribution in [2.75, 3.05) is 16.8 Å². The molecule has 0 saturated carbocycles. The number of carbonyl (C=O) groups excluding carboxylic acids is 3. The van der Waals surface area contributed by atoms with Crippen molar-refractivity contribution in [1.82, 2.24) is 4.90 Å². The zero-order valence-electron chi connectivity index (χ0n) is 18.0. The molecular formula is C25H24BrN3O3. The molecule has 7 heteroatoms. The molecule has 0 radical (unpaired) electrons. The molecule has 1 spiro atoms. The third-order valence-electron chi connectivity index (χ3n) is 7.81. The second-order valence-electron chi connectivity index (χ2n) is 9.33. The molecule has 4 unspecified atom stereocenters. The van der Waals surface area contributed by atoms with Gasteiger partial charge in [0.25, 0.3) is 0 Å². The second-order valence-corrected chi connectivity index (χ2v) is 10.2. The monoisotopic (exact) mass is 493 g/mol. The van der Waals surface area contributed by atoms with Crippen LogP contribution >= 0.6 is 15.9 Å². The van der Waals surface area contributed by atoms with Crippen molar-refractivity contribution in [3.63, 3.8) is 0 Å². The lowest BCUT2D eigenvalue weighted by Crippen LogP contribution is -2.54. The highest BCUT2D eigenvalue weighted by molar-refractivity contribution is 9.10. The average Bonchev–Trinajstić information content (AvgIpc) is 3.47. The van der Waals surface area contributed by atoms with Gasteiger partial charge in [0.05, 0.1) is 17.5 Å². The SMILES string of the molecule is CCc1ccc2c(c1)C1(C(=O)N2)C2C(=O)N(c3ccc(C)cc3Br)C(=O)C2C2CCCN21. The third-order valence-corrected chi connectivity index (χ3v) is 8.44. The number of anilines is 2. The Balaban J connectivity index is 1.56. The zero-order chi connectivity index (χ0) is 22.4. The fraction of sp³-hybridized carbons (Fsp3) is 0.400. The van der Waals surface area contributed by atoms with Crippen LogP contribution in [0.25, 0.3) is 0 Å². The number of benzene rings is 2. The molecule has 4 atom stereocenters. The number of halogens is 1. The maximum absolute atomic E-state index is 14.0. The number of hydrogen-bond acceptors (Lipinski definition) is 4. The first-order chi connectivity index (χ1) is 15.4. The van der Waals surface area contributed by atoms with Crippen LogP contribution in [-0.4, -0.2) is 35.2 Å². The number of amides is 3. The first-order valence-corrected chi connectivity index (χ1v) is 12.0. The van der Waals surface area contributed by atoms with Gasteiger partial charge in [-0.1, -0.05) is 25.1 Å². The number of rotatable bonds is 2. The van der Waals surface area contributed by atoms with Crippen LogP contribution < -0.4 is 10.2 Å². The Morgan fingerprint density at radius 1 is 1.12 bits per heavy atom. The summed E-state index contributed by atoms with van der Waals surface area (Å²) in [6, 6.07) is 11.5. The van der Waals surface area contributed by atoms with Crippen molar-refractivity contribution >= 4 is 45.0 Å². The van der Waals surface area contributed by atoms with Crippen LogP contribution in [0, 0.1) is 18.8 Å². The summed E-state index contributed by atoms with van der Waals surface area (Å²) in [5.41, 5.74) is 3.20. The van der Waals surface area contributed by atoms with Gasteiger partial charge in [-0.05, 0) is 78.0 Å². The summed E-state index contributed by atoms with van der Waals surface area (Å²) in [7, 11) is 0. The van der Waals surface area contributed by atoms with Crippen LogP contribution in [0.3, 0.4) is 0 Å². The van der Waals surface area contributed by atoms with Crippen LogP contribution in [0.15, 0.2) is 40.9 Å². The average molecular weight is 494 g/mol. The van der Waals surface area contributed by atoms with E-state index in [9.17, 15) is 14.4 Å². The van der Waals surface area contributed by atoms with E-state index in [2.05, 4.69) is 39.1 Å². The fourth-order valence-electron chi connectivity index (χ4n) is 6.50. The van der Waals surface area contributed by atoms with Gasteiger partial charge < -0.3 is 5.32 Å². The number of nitrogens with one attached hydrogen (secondary N) is 1. The van der Waals surface area contributed by atoms with E-state index in [0.29, 0.717) is 10.2 Å². The molecule has 3 fully saturated rings. The predicted octanol–water partition coefficient (Wildman–Crippen LogP) is 3.75. The molecule has 164 valence electrons. The number of nitrogens with zero attached hydrogens (tertiary/aromatic N) is 2. The van der Waals surface area contributed by atoms with Crippen LogP contribution in [0.5, 0.6) is 0 Å². The van der Waals surface area contributed by atoms with Gasteiger partial charge in [0.1, 0.15) is 5.54 Å². The van der Waals surface area contributed by atoms with Crippen molar-refractivity contribution in [2.24, 2.45) is 11.8 Å². The van der Waals surface area contributed by atoms with E-state index in [1.807, 2.05) is 37.3 Å². The summed E-state index contributed by atoms with van der Waals surface area (Å²) >= 11 is 3.54. The molecule has 3 amide bonds. The lowest BCUT2D eigenvalue weighted by atomic mass is 9.75. The van der Waals surface area contributed by atoms with Crippen molar-refractivity contribution in [1.29, 1.82) is 0 Å². The summed E-state index contributed by atoms with van der Waals surface area (Å²) in [6.45, 7) is 4.76.